The molecule has 1 amide bonds. The van der Waals surface area contributed by atoms with E-state index in [0.717, 1.165) is 23.8 Å². The van der Waals surface area contributed by atoms with Crippen LogP contribution in [0.15, 0.2) is 23.2 Å². The Morgan fingerprint density at radius 3 is 2.90 bits per heavy atom. The highest BCUT2D eigenvalue weighted by Gasteiger charge is 2.23. The molecule has 1 N–H and O–H groups in total. The number of nitrogens with zero attached hydrogens (tertiary/aromatic N) is 4. The summed E-state index contributed by atoms with van der Waals surface area (Å²) in [6.07, 6.45) is 7.94. The first-order valence-corrected chi connectivity index (χ1v) is 12.0. The van der Waals surface area contributed by atoms with Crippen molar-refractivity contribution in [3.8, 4) is 0 Å². The van der Waals surface area contributed by atoms with Crippen molar-refractivity contribution in [2.75, 3.05) is 17.7 Å². The Balaban J connectivity index is 1.55. The Labute approximate surface area is 184 Å². The molecule has 8 nitrogen and oxygen atoms in total. The number of carbonyl (C=O) groups is 2. The number of esters is 1. The minimum absolute atomic E-state index is 0.101. The third-order valence-corrected chi connectivity index (χ3v) is 6.56. The number of thiazole rings is 1. The molecule has 0 aliphatic heterocycles. The number of hydrogen-bond donors (Lipinski definition) is 1. The van der Waals surface area contributed by atoms with Crippen molar-refractivity contribution >= 4 is 40.1 Å². The number of allylic oxidation sites excluding steroid dienone is 1. The number of nitrogens with one attached hydrogen (secondary N) is 1. The number of hydrogen-bond acceptors (Lipinski definition) is 8. The zero-order chi connectivity index (χ0) is 21.3. The first-order chi connectivity index (χ1) is 14.6. The van der Waals surface area contributed by atoms with Crippen LogP contribution < -0.4 is 5.32 Å². The third-order valence-electron chi connectivity index (χ3n) is 4.79. The molecule has 0 unspecified atom stereocenters. The molecule has 2 aromatic heterocycles. The lowest BCUT2D eigenvalue weighted by Crippen LogP contribution is -2.15. The number of thioether (sulfide) groups is 1. The standard InChI is InChI=1S/C20H27N5O3S2/c1-3-10-25-18(14-8-6-5-7-9-14)23-24-20(25)30-13-16(26)22-19-21-15(12-29-19)11-17(27)28-4-2/h3,12,14H,1,4-11,13H2,2H3,(H,21,22,26). The van der Waals surface area contributed by atoms with Gasteiger partial charge in [-0.15, -0.1) is 28.1 Å². The molecule has 0 atom stereocenters. The molecule has 3 rings (SSSR count). The lowest BCUT2D eigenvalue weighted by atomic mass is 9.89. The van der Waals surface area contributed by atoms with E-state index in [2.05, 4.69) is 31.6 Å². The zero-order valence-corrected chi connectivity index (χ0v) is 18.8. The summed E-state index contributed by atoms with van der Waals surface area (Å²) < 4.78 is 6.98. The van der Waals surface area contributed by atoms with E-state index in [-0.39, 0.29) is 24.1 Å². The largest absolute Gasteiger partial charge is 0.466 e. The first kappa shape index (κ1) is 22.5. The van der Waals surface area contributed by atoms with Crippen LogP contribution in [0.3, 0.4) is 0 Å². The quantitative estimate of drug-likeness (QED) is 0.334. The molecule has 1 saturated carbocycles. The predicted molar refractivity (Wildman–Crippen MR) is 118 cm³/mol. The number of anilines is 1. The summed E-state index contributed by atoms with van der Waals surface area (Å²) in [5, 5.41) is 14.5. The minimum Gasteiger partial charge on any atom is -0.466 e. The molecule has 1 aliphatic rings. The molecule has 30 heavy (non-hydrogen) atoms. The fourth-order valence-electron chi connectivity index (χ4n) is 3.46. The molecule has 0 bridgehead atoms. The zero-order valence-electron chi connectivity index (χ0n) is 17.1. The van der Waals surface area contributed by atoms with Crippen LogP contribution >= 0.6 is 23.1 Å². The van der Waals surface area contributed by atoms with Crippen LogP contribution in [0, 0.1) is 0 Å². The van der Waals surface area contributed by atoms with Gasteiger partial charge in [-0.05, 0) is 19.8 Å². The van der Waals surface area contributed by atoms with Crippen molar-refractivity contribution in [3.05, 3.63) is 29.6 Å². The average Bonchev–Trinajstić information content (AvgIpc) is 3.34. The molecular formula is C20H27N5O3S2. The second-order valence-electron chi connectivity index (χ2n) is 7.04. The summed E-state index contributed by atoms with van der Waals surface area (Å²) in [5.74, 6) is 1.13. The van der Waals surface area contributed by atoms with E-state index >= 15 is 0 Å². The van der Waals surface area contributed by atoms with Crippen molar-refractivity contribution in [1.29, 1.82) is 0 Å². The lowest BCUT2D eigenvalue weighted by molar-refractivity contribution is -0.142. The van der Waals surface area contributed by atoms with Gasteiger partial charge in [0.05, 0.1) is 24.5 Å². The van der Waals surface area contributed by atoms with E-state index in [0.29, 0.717) is 29.9 Å². The van der Waals surface area contributed by atoms with Gasteiger partial charge >= 0.3 is 5.97 Å². The van der Waals surface area contributed by atoms with E-state index in [1.54, 1.807) is 12.3 Å². The highest BCUT2D eigenvalue weighted by molar-refractivity contribution is 7.99. The van der Waals surface area contributed by atoms with Gasteiger partial charge in [-0.2, -0.15) is 0 Å². The topological polar surface area (TPSA) is 99.0 Å². The molecule has 2 aromatic rings. The van der Waals surface area contributed by atoms with E-state index < -0.39 is 0 Å². The van der Waals surface area contributed by atoms with Crippen molar-refractivity contribution in [2.24, 2.45) is 0 Å². The van der Waals surface area contributed by atoms with Gasteiger partial charge in [0.15, 0.2) is 10.3 Å². The van der Waals surface area contributed by atoms with Crippen LogP contribution in [-0.4, -0.2) is 44.0 Å². The monoisotopic (exact) mass is 449 g/mol. The Morgan fingerprint density at radius 2 is 2.17 bits per heavy atom. The van der Waals surface area contributed by atoms with Crippen LogP contribution in [0.1, 0.15) is 56.5 Å². The van der Waals surface area contributed by atoms with Gasteiger partial charge in [-0.25, -0.2) is 4.98 Å². The second kappa shape index (κ2) is 11.3. The maximum atomic E-state index is 12.4. The van der Waals surface area contributed by atoms with E-state index in [1.807, 2.05) is 6.08 Å². The van der Waals surface area contributed by atoms with Crippen molar-refractivity contribution in [1.82, 2.24) is 19.7 Å². The molecule has 1 aliphatic carbocycles. The van der Waals surface area contributed by atoms with Crippen LogP contribution in [0.5, 0.6) is 0 Å². The Morgan fingerprint density at radius 1 is 1.37 bits per heavy atom. The summed E-state index contributed by atoms with van der Waals surface area (Å²) in [6, 6.07) is 0. The summed E-state index contributed by atoms with van der Waals surface area (Å²) in [5.41, 5.74) is 0.587. The van der Waals surface area contributed by atoms with Gasteiger partial charge in [0.1, 0.15) is 5.82 Å². The smallest absolute Gasteiger partial charge is 0.311 e. The minimum atomic E-state index is -0.327. The SMILES string of the molecule is C=CCn1c(SCC(=O)Nc2nc(CC(=O)OCC)cs2)nnc1C1CCCCC1. The van der Waals surface area contributed by atoms with Crippen LogP contribution in [0.4, 0.5) is 5.13 Å². The summed E-state index contributed by atoms with van der Waals surface area (Å²) in [7, 11) is 0. The fourth-order valence-corrected chi connectivity index (χ4v) is 4.94. The van der Waals surface area contributed by atoms with Crippen LogP contribution in [0.25, 0.3) is 0 Å². The Kier molecular flexibility index (Phi) is 8.44. The maximum absolute atomic E-state index is 12.4. The van der Waals surface area contributed by atoms with Crippen LogP contribution in [-0.2, 0) is 27.3 Å². The molecule has 0 radical (unpaired) electrons. The number of amides is 1. The molecule has 0 aromatic carbocycles. The molecule has 162 valence electrons. The number of carbonyl (C=O) groups excluding carboxylic acids is 2. The second-order valence-corrected chi connectivity index (χ2v) is 8.84. The molecule has 0 spiro atoms. The average molecular weight is 450 g/mol. The lowest BCUT2D eigenvalue weighted by Gasteiger charge is -2.21. The maximum Gasteiger partial charge on any atom is 0.311 e. The van der Waals surface area contributed by atoms with Crippen molar-refractivity contribution in [2.45, 2.75) is 63.1 Å². The van der Waals surface area contributed by atoms with E-state index in [9.17, 15) is 9.59 Å². The summed E-state index contributed by atoms with van der Waals surface area (Å²) in [6.45, 7) is 6.57. The molecule has 0 saturated heterocycles. The van der Waals surface area contributed by atoms with Gasteiger partial charge < -0.3 is 14.6 Å². The molecule has 1 fully saturated rings. The number of rotatable bonds is 10. The Hall–Kier alpha value is -2.20. The molecular weight excluding hydrogens is 422 g/mol. The van der Waals surface area contributed by atoms with Gasteiger partial charge in [0, 0.05) is 17.8 Å². The van der Waals surface area contributed by atoms with Crippen molar-refractivity contribution in [3.63, 3.8) is 0 Å². The van der Waals surface area contributed by atoms with E-state index in [1.165, 1.54) is 42.4 Å². The normalized spacial score (nSPS) is 14.4. The van der Waals surface area contributed by atoms with Gasteiger partial charge in [0.2, 0.25) is 5.91 Å². The summed E-state index contributed by atoms with van der Waals surface area (Å²) in [4.78, 5) is 28.2. The first-order valence-electron chi connectivity index (χ1n) is 10.2. The summed E-state index contributed by atoms with van der Waals surface area (Å²) >= 11 is 2.64. The number of aromatic nitrogens is 4. The van der Waals surface area contributed by atoms with Crippen molar-refractivity contribution < 1.29 is 14.3 Å². The molecule has 10 heteroatoms. The van der Waals surface area contributed by atoms with Crippen LogP contribution in [0.2, 0.25) is 0 Å². The molecule has 2 heterocycles. The predicted octanol–water partition coefficient (Wildman–Crippen LogP) is 3.80. The fraction of sp³-hybridized carbons (Fsp3) is 0.550. The third kappa shape index (κ3) is 6.15. The highest BCUT2D eigenvalue weighted by atomic mass is 32.2. The van der Waals surface area contributed by atoms with Gasteiger partial charge in [0.25, 0.3) is 0 Å². The van der Waals surface area contributed by atoms with Gasteiger partial charge in [-0.1, -0.05) is 37.1 Å². The number of ether oxygens (including phenoxy) is 1. The van der Waals surface area contributed by atoms with E-state index in [4.69, 9.17) is 4.74 Å². The van der Waals surface area contributed by atoms with Gasteiger partial charge in [-0.3, -0.25) is 9.59 Å². The Bertz CT molecular complexity index is 874. The highest BCUT2D eigenvalue weighted by Crippen LogP contribution is 2.33.